The van der Waals surface area contributed by atoms with Crippen LogP contribution in [0.4, 0.5) is 5.69 Å². The molecule has 0 aromatic heterocycles. The lowest BCUT2D eigenvalue weighted by molar-refractivity contribution is -0.128. The van der Waals surface area contributed by atoms with Crippen molar-refractivity contribution in [1.29, 1.82) is 0 Å². The molecule has 90 valence electrons. The predicted octanol–water partition coefficient (Wildman–Crippen LogP) is 2.89. The minimum Gasteiger partial charge on any atom is -0.421 e. The van der Waals surface area contributed by atoms with Crippen molar-refractivity contribution in [3.63, 3.8) is 0 Å². The van der Waals surface area contributed by atoms with E-state index in [1.54, 1.807) is 30.3 Å². The van der Waals surface area contributed by atoms with E-state index < -0.39 is 5.97 Å². The van der Waals surface area contributed by atoms with Gasteiger partial charge < -0.3 is 10.5 Å². The van der Waals surface area contributed by atoms with Crippen LogP contribution in [-0.4, -0.2) is 5.97 Å². The molecule has 0 heterocycles. The van der Waals surface area contributed by atoms with E-state index in [0.29, 0.717) is 11.4 Å². The third kappa shape index (κ3) is 3.22. The Balaban J connectivity index is 2.02. The summed E-state index contributed by atoms with van der Waals surface area (Å²) in [4.78, 5) is 11.6. The molecule has 2 rings (SSSR count). The van der Waals surface area contributed by atoms with Gasteiger partial charge in [0.2, 0.25) is 0 Å². The number of benzene rings is 2. The molecule has 2 N–H and O–H groups in total. The summed E-state index contributed by atoms with van der Waals surface area (Å²) in [5, 5.41) is 0. The molecule has 0 saturated carbocycles. The van der Waals surface area contributed by atoms with Crippen LogP contribution in [0.1, 0.15) is 5.56 Å². The second-order valence-corrected chi connectivity index (χ2v) is 3.70. The van der Waals surface area contributed by atoms with E-state index in [1.165, 1.54) is 6.08 Å². The number of carbonyl (C=O) groups is 1. The van der Waals surface area contributed by atoms with E-state index in [9.17, 15) is 4.79 Å². The van der Waals surface area contributed by atoms with Crippen molar-refractivity contribution < 1.29 is 9.53 Å². The molecule has 0 fully saturated rings. The maximum Gasteiger partial charge on any atom is 0.336 e. The van der Waals surface area contributed by atoms with Gasteiger partial charge in [0.15, 0.2) is 5.75 Å². The Labute approximate surface area is 106 Å². The van der Waals surface area contributed by atoms with E-state index >= 15 is 0 Å². The van der Waals surface area contributed by atoms with Crippen LogP contribution < -0.4 is 10.5 Å². The Morgan fingerprint density at radius 1 is 1.00 bits per heavy atom. The standard InChI is InChI=1S/C15H13NO2/c16-13-8-4-5-9-14(13)18-15(17)11-10-12-6-2-1-3-7-12/h1-11H,16H2. The van der Waals surface area contributed by atoms with Crippen LogP contribution in [0.3, 0.4) is 0 Å². The molecule has 2 aromatic rings. The molecule has 3 nitrogen and oxygen atoms in total. The minimum atomic E-state index is -0.447. The van der Waals surface area contributed by atoms with Gasteiger partial charge in [0, 0.05) is 6.08 Å². The van der Waals surface area contributed by atoms with E-state index in [1.807, 2.05) is 30.3 Å². The second kappa shape index (κ2) is 5.68. The highest BCUT2D eigenvalue weighted by atomic mass is 16.5. The Hall–Kier alpha value is -2.55. The molecule has 0 atom stereocenters. The normalized spacial score (nSPS) is 10.4. The molecule has 3 heteroatoms. The first-order valence-electron chi connectivity index (χ1n) is 5.55. The van der Waals surface area contributed by atoms with Crippen molar-refractivity contribution in [1.82, 2.24) is 0 Å². The van der Waals surface area contributed by atoms with Gasteiger partial charge >= 0.3 is 5.97 Å². The summed E-state index contributed by atoms with van der Waals surface area (Å²) in [6.07, 6.45) is 3.07. The second-order valence-electron chi connectivity index (χ2n) is 3.70. The average molecular weight is 239 g/mol. The molecule has 0 radical (unpaired) electrons. The number of ether oxygens (including phenoxy) is 1. The fourth-order valence-electron chi connectivity index (χ4n) is 1.44. The van der Waals surface area contributed by atoms with E-state index in [4.69, 9.17) is 10.5 Å². The monoisotopic (exact) mass is 239 g/mol. The average Bonchev–Trinajstić information content (AvgIpc) is 2.40. The van der Waals surface area contributed by atoms with Crippen LogP contribution in [0.25, 0.3) is 6.08 Å². The van der Waals surface area contributed by atoms with Crippen molar-refractivity contribution in [2.75, 3.05) is 5.73 Å². The molecule has 0 aliphatic carbocycles. The van der Waals surface area contributed by atoms with Crippen LogP contribution in [0, 0.1) is 0 Å². The fraction of sp³-hybridized carbons (Fsp3) is 0. The number of carbonyl (C=O) groups excluding carboxylic acids is 1. The van der Waals surface area contributed by atoms with Gasteiger partial charge in [-0.15, -0.1) is 0 Å². The summed E-state index contributed by atoms with van der Waals surface area (Å²) in [6.45, 7) is 0. The molecular weight excluding hydrogens is 226 g/mol. The van der Waals surface area contributed by atoms with Gasteiger partial charge in [0.05, 0.1) is 5.69 Å². The first-order chi connectivity index (χ1) is 8.75. The molecular formula is C15H13NO2. The van der Waals surface area contributed by atoms with Crippen LogP contribution >= 0.6 is 0 Å². The molecule has 0 amide bonds. The summed E-state index contributed by atoms with van der Waals surface area (Å²) in [6, 6.07) is 16.4. The first kappa shape index (κ1) is 11.9. The highest BCUT2D eigenvalue weighted by Gasteiger charge is 2.03. The van der Waals surface area contributed by atoms with Crippen molar-refractivity contribution in [2.24, 2.45) is 0 Å². The zero-order chi connectivity index (χ0) is 12.8. The number of anilines is 1. The van der Waals surface area contributed by atoms with Crippen LogP contribution in [0.2, 0.25) is 0 Å². The third-order valence-corrected chi connectivity index (χ3v) is 2.34. The largest absolute Gasteiger partial charge is 0.421 e. The van der Waals surface area contributed by atoms with Crippen molar-refractivity contribution in [3.05, 3.63) is 66.2 Å². The number of hydrogen-bond acceptors (Lipinski definition) is 3. The summed E-state index contributed by atoms with van der Waals surface area (Å²) in [5.74, 6) is -0.0723. The highest BCUT2D eigenvalue weighted by molar-refractivity contribution is 5.89. The summed E-state index contributed by atoms with van der Waals surface area (Å²) < 4.78 is 5.12. The number of rotatable bonds is 3. The molecule has 0 unspecified atom stereocenters. The van der Waals surface area contributed by atoms with Gasteiger partial charge in [-0.3, -0.25) is 0 Å². The quantitative estimate of drug-likeness (QED) is 0.388. The molecule has 0 bridgehead atoms. The Morgan fingerprint density at radius 2 is 1.67 bits per heavy atom. The summed E-state index contributed by atoms with van der Waals surface area (Å²) in [5.41, 5.74) is 7.06. The number of nitrogen functional groups attached to an aromatic ring is 1. The summed E-state index contributed by atoms with van der Waals surface area (Å²) in [7, 11) is 0. The SMILES string of the molecule is Nc1ccccc1OC(=O)C=Cc1ccccc1. The van der Waals surface area contributed by atoms with E-state index in [0.717, 1.165) is 5.56 Å². The van der Waals surface area contributed by atoms with Crippen LogP contribution in [-0.2, 0) is 4.79 Å². The lowest BCUT2D eigenvalue weighted by atomic mass is 10.2. The van der Waals surface area contributed by atoms with Crippen molar-refractivity contribution in [2.45, 2.75) is 0 Å². The molecule has 2 aromatic carbocycles. The van der Waals surface area contributed by atoms with E-state index in [-0.39, 0.29) is 0 Å². The Kier molecular flexibility index (Phi) is 3.76. The van der Waals surface area contributed by atoms with Crippen molar-refractivity contribution in [3.8, 4) is 5.75 Å². The van der Waals surface area contributed by atoms with Gasteiger partial charge in [-0.2, -0.15) is 0 Å². The molecule has 0 aliphatic rings. The number of esters is 1. The first-order valence-corrected chi connectivity index (χ1v) is 5.55. The topological polar surface area (TPSA) is 52.3 Å². The van der Waals surface area contributed by atoms with E-state index in [2.05, 4.69) is 0 Å². The van der Waals surface area contributed by atoms with Gasteiger partial charge in [-0.05, 0) is 23.8 Å². The molecule has 0 saturated heterocycles. The zero-order valence-electron chi connectivity index (χ0n) is 9.74. The lowest BCUT2D eigenvalue weighted by Gasteiger charge is -2.03. The molecule has 0 aliphatic heterocycles. The van der Waals surface area contributed by atoms with Gasteiger partial charge in [0.1, 0.15) is 0 Å². The van der Waals surface area contributed by atoms with Crippen LogP contribution in [0.15, 0.2) is 60.7 Å². The molecule has 0 spiro atoms. The van der Waals surface area contributed by atoms with Crippen LogP contribution in [0.5, 0.6) is 5.75 Å². The third-order valence-electron chi connectivity index (χ3n) is 2.34. The van der Waals surface area contributed by atoms with Gasteiger partial charge in [-0.25, -0.2) is 4.79 Å². The lowest BCUT2D eigenvalue weighted by Crippen LogP contribution is -2.05. The highest BCUT2D eigenvalue weighted by Crippen LogP contribution is 2.19. The number of para-hydroxylation sites is 2. The van der Waals surface area contributed by atoms with Gasteiger partial charge in [0.25, 0.3) is 0 Å². The minimum absolute atomic E-state index is 0.375. The van der Waals surface area contributed by atoms with Crippen molar-refractivity contribution >= 4 is 17.7 Å². The number of hydrogen-bond donors (Lipinski definition) is 1. The number of nitrogens with two attached hydrogens (primary N) is 1. The maximum atomic E-state index is 11.6. The summed E-state index contributed by atoms with van der Waals surface area (Å²) >= 11 is 0. The maximum absolute atomic E-state index is 11.6. The zero-order valence-corrected chi connectivity index (χ0v) is 9.74. The molecule has 18 heavy (non-hydrogen) atoms. The Morgan fingerprint density at radius 3 is 2.39 bits per heavy atom. The smallest absolute Gasteiger partial charge is 0.336 e. The Bertz CT molecular complexity index is 562. The predicted molar refractivity (Wildman–Crippen MR) is 72.0 cm³/mol. The fourth-order valence-corrected chi connectivity index (χ4v) is 1.44. The van der Waals surface area contributed by atoms with Gasteiger partial charge in [-0.1, -0.05) is 42.5 Å².